The van der Waals surface area contributed by atoms with Crippen molar-refractivity contribution in [3.8, 4) is 17.1 Å². The number of rotatable bonds is 5. The van der Waals surface area contributed by atoms with Gasteiger partial charge in [0.25, 0.3) is 0 Å². The van der Waals surface area contributed by atoms with Crippen molar-refractivity contribution < 1.29 is 4.79 Å². The Morgan fingerprint density at radius 2 is 1.67 bits per heavy atom. The number of hydrogen-bond acceptors (Lipinski definition) is 5. The number of benzene rings is 2. The van der Waals surface area contributed by atoms with Gasteiger partial charge in [-0.05, 0) is 75.4 Å². The summed E-state index contributed by atoms with van der Waals surface area (Å²) in [6.45, 7) is 11.4. The van der Waals surface area contributed by atoms with Gasteiger partial charge in [0.15, 0.2) is 11.6 Å². The molecule has 2 fully saturated rings. The van der Waals surface area contributed by atoms with E-state index in [0.717, 1.165) is 48.2 Å². The molecule has 206 valence electrons. The van der Waals surface area contributed by atoms with Crippen molar-refractivity contribution in [3.05, 3.63) is 59.4 Å². The minimum atomic E-state index is -0.0110. The predicted octanol–water partition coefficient (Wildman–Crippen LogP) is 5.31. The van der Waals surface area contributed by atoms with E-state index in [0.29, 0.717) is 18.0 Å². The number of hydrogen-bond donors (Lipinski definition) is 1. The third-order valence-electron chi connectivity index (χ3n) is 9.10. The second kappa shape index (κ2) is 10.5. The molecule has 3 aromatic rings. The fourth-order valence-corrected chi connectivity index (χ4v) is 7.34. The zero-order valence-electron chi connectivity index (χ0n) is 24.0. The summed E-state index contributed by atoms with van der Waals surface area (Å²) in [7, 11) is 1.92. The van der Waals surface area contributed by atoms with Gasteiger partial charge in [-0.3, -0.25) is 9.69 Å². The summed E-state index contributed by atoms with van der Waals surface area (Å²) < 4.78 is 2.01. The van der Waals surface area contributed by atoms with E-state index in [4.69, 9.17) is 10.1 Å². The lowest BCUT2D eigenvalue weighted by molar-refractivity contribution is -0.123. The first-order valence-corrected chi connectivity index (χ1v) is 14.7. The zero-order valence-corrected chi connectivity index (χ0v) is 24.0. The van der Waals surface area contributed by atoms with E-state index < -0.39 is 0 Å². The van der Waals surface area contributed by atoms with Crippen LogP contribution in [0.15, 0.2) is 42.5 Å². The molecule has 2 aromatic carbocycles. The summed E-state index contributed by atoms with van der Waals surface area (Å²) in [6, 6.07) is 16.0. The van der Waals surface area contributed by atoms with Crippen molar-refractivity contribution in [1.29, 1.82) is 0 Å². The number of fused-ring (bicyclic) bond motifs is 1. The molecular weight excluding hydrogens is 484 g/mol. The number of aryl methyl sites for hydroxylation is 1. The summed E-state index contributed by atoms with van der Waals surface area (Å²) >= 11 is 0. The van der Waals surface area contributed by atoms with Gasteiger partial charge < -0.3 is 10.2 Å². The second-order valence-corrected chi connectivity index (χ2v) is 12.3. The molecule has 4 atom stereocenters. The number of piperazine rings is 1. The van der Waals surface area contributed by atoms with Gasteiger partial charge in [-0.2, -0.15) is 0 Å². The maximum Gasteiger partial charge on any atom is 0.230 e. The maximum atomic E-state index is 13.2. The van der Waals surface area contributed by atoms with Crippen LogP contribution in [0.3, 0.4) is 0 Å². The molecule has 3 aliphatic rings. The number of aromatic nitrogens is 3. The van der Waals surface area contributed by atoms with E-state index in [1.54, 1.807) is 0 Å². The fraction of sp³-hybridized carbons (Fsp3) is 0.531. The first kappa shape index (κ1) is 26.2. The Hall–Kier alpha value is -3.03. The Morgan fingerprint density at radius 1 is 0.974 bits per heavy atom. The third kappa shape index (κ3) is 5.03. The Labute approximate surface area is 232 Å². The Bertz CT molecular complexity index is 1330. The molecule has 0 radical (unpaired) electrons. The van der Waals surface area contributed by atoms with Gasteiger partial charge in [-0.15, -0.1) is 5.10 Å². The maximum absolute atomic E-state index is 13.2. The lowest BCUT2D eigenvalue weighted by Gasteiger charge is -2.39. The molecule has 3 heterocycles. The number of carbonyl (C=O) groups excluding carboxylic acids is 1. The van der Waals surface area contributed by atoms with Gasteiger partial charge in [0, 0.05) is 55.3 Å². The highest BCUT2D eigenvalue weighted by Gasteiger charge is 2.41. The molecule has 1 aliphatic carbocycles. The van der Waals surface area contributed by atoms with Gasteiger partial charge in [-0.1, -0.05) is 37.5 Å². The molecular formula is C32H42N6O. The van der Waals surface area contributed by atoms with Crippen LogP contribution in [-0.2, 0) is 11.3 Å². The fourth-order valence-electron chi connectivity index (χ4n) is 7.34. The molecule has 7 nitrogen and oxygen atoms in total. The molecule has 1 aromatic heterocycles. The molecule has 39 heavy (non-hydrogen) atoms. The van der Waals surface area contributed by atoms with Gasteiger partial charge in [0.05, 0.1) is 12.2 Å². The number of amides is 1. The average Bonchev–Trinajstić information content (AvgIpc) is 3.58. The summed E-state index contributed by atoms with van der Waals surface area (Å²) in [6.07, 6.45) is 4.95. The van der Waals surface area contributed by atoms with Crippen molar-refractivity contribution in [2.75, 3.05) is 25.0 Å². The van der Waals surface area contributed by atoms with Gasteiger partial charge in [0.2, 0.25) is 5.91 Å². The summed E-state index contributed by atoms with van der Waals surface area (Å²) in [5.74, 6) is 2.75. The van der Waals surface area contributed by atoms with Crippen molar-refractivity contribution in [2.45, 2.75) is 77.9 Å². The van der Waals surface area contributed by atoms with E-state index in [9.17, 15) is 4.79 Å². The molecule has 7 heteroatoms. The van der Waals surface area contributed by atoms with Crippen molar-refractivity contribution in [2.24, 2.45) is 11.8 Å². The topological polar surface area (TPSA) is 66.3 Å². The number of nitrogens with zero attached hydrogens (tertiary/aromatic N) is 5. The number of carbonyl (C=O) groups is 1. The molecule has 0 spiro atoms. The Balaban J connectivity index is 1.42. The smallest absolute Gasteiger partial charge is 0.230 e. The number of nitrogens with one attached hydrogen (secondary N) is 1. The molecule has 1 saturated carbocycles. The summed E-state index contributed by atoms with van der Waals surface area (Å²) in [4.78, 5) is 22.7. The Kier molecular flexibility index (Phi) is 7.06. The lowest BCUT2D eigenvalue weighted by Crippen LogP contribution is -2.53. The van der Waals surface area contributed by atoms with E-state index >= 15 is 0 Å². The summed E-state index contributed by atoms with van der Waals surface area (Å²) in [5.41, 5.74) is 5.64. The highest BCUT2D eigenvalue weighted by Crippen LogP contribution is 2.49. The highest BCUT2D eigenvalue weighted by atomic mass is 16.2. The van der Waals surface area contributed by atoms with Crippen LogP contribution in [0, 0.1) is 18.8 Å². The second-order valence-electron chi connectivity index (χ2n) is 12.3. The van der Waals surface area contributed by atoms with Crippen LogP contribution in [0.25, 0.3) is 17.1 Å². The highest BCUT2D eigenvalue weighted by molar-refractivity contribution is 5.98. The standard InChI is InChI=1S/C32H42N6O/c1-20-10-13-26(14-11-20)38-31(34-29(35-38)19-37-17-21(2)33-22(3)18-37)25-12-15-28-27(16-25)30(24-8-6-7-9-24)23(4)32(39)36(28)5/h10-16,21-24,30,33H,6-9,17-19H2,1-5H3/t21-,22+,23-,30?/m0/s1. The van der Waals surface area contributed by atoms with Crippen molar-refractivity contribution in [3.63, 3.8) is 0 Å². The summed E-state index contributed by atoms with van der Waals surface area (Å²) in [5, 5.41) is 8.68. The van der Waals surface area contributed by atoms with Crippen LogP contribution in [0.1, 0.15) is 69.3 Å². The van der Waals surface area contributed by atoms with E-state index in [2.05, 4.69) is 80.4 Å². The molecule has 2 aliphatic heterocycles. The monoisotopic (exact) mass is 526 g/mol. The minimum absolute atomic E-state index is 0.0110. The van der Waals surface area contributed by atoms with Gasteiger partial charge in [-0.25, -0.2) is 9.67 Å². The van der Waals surface area contributed by atoms with E-state index in [1.165, 1.54) is 36.8 Å². The largest absolute Gasteiger partial charge is 0.315 e. The first-order valence-electron chi connectivity index (χ1n) is 14.7. The molecule has 0 bridgehead atoms. The van der Waals surface area contributed by atoms with Crippen molar-refractivity contribution in [1.82, 2.24) is 25.0 Å². The van der Waals surface area contributed by atoms with Crippen LogP contribution in [0.5, 0.6) is 0 Å². The van der Waals surface area contributed by atoms with Crippen LogP contribution in [-0.4, -0.2) is 57.8 Å². The third-order valence-corrected chi connectivity index (χ3v) is 9.10. The van der Waals surface area contributed by atoms with Crippen LogP contribution in [0.2, 0.25) is 0 Å². The van der Waals surface area contributed by atoms with Gasteiger partial charge in [0.1, 0.15) is 0 Å². The SMILES string of the molecule is Cc1ccc(-n2nc(CN3C[C@@H](C)N[C@@H](C)C3)nc2-c2ccc3c(c2)C(C2CCCC2)[C@H](C)C(=O)N3C)cc1. The van der Waals surface area contributed by atoms with E-state index in [-0.39, 0.29) is 17.7 Å². The Morgan fingerprint density at radius 3 is 2.36 bits per heavy atom. The average molecular weight is 527 g/mol. The number of anilines is 1. The molecule has 1 unspecified atom stereocenters. The lowest BCUT2D eigenvalue weighted by atomic mass is 9.73. The van der Waals surface area contributed by atoms with Crippen LogP contribution >= 0.6 is 0 Å². The molecule has 1 N–H and O–H groups in total. The normalized spacial score (nSPS) is 26.3. The minimum Gasteiger partial charge on any atom is -0.315 e. The predicted molar refractivity (Wildman–Crippen MR) is 156 cm³/mol. The van der Waals surface area contributed by atoms with Crippen LogP contribution in [0.4, 0.5) is 5.69 Å². The first-order chi connectivity index (χ1) is 18.8. The van der Waals surface area contributed by atoms with Crippen molar-refractivity contribution >= 4 is 11.6 Å². The van der Waals surface area contributed by atoms with Gasteiger partial charge >= 0.3 is 0 Å². The van der Waals surface area contributed by atoms with Crippen LogP contribution < -0.4 is 10.2 Å². The van der Waals surface area contributed by atoms with E-state index in [1.807, 2.05) is 16.6 Å². The zero-order chi connectivity index (χ0) is 27.3. The molecule has 6 rings (SSSR count). The quantitative estimate of drug-likeness (QED) is 0.488. The molecule has 1 amide bonds. The molecule has 1 saturated heterocycles.